The summed E-state index contributed by atoms with van der Waals surface area (Å²) < 4.78 is 23.6. The highest BCUT2D eigenvalue weighted by molar-refractivity contribution is 6.62. The maximum Gasteiger partial charge on any atom is 0.494 e. The normalized spacial score (nSPS) is 27.8. The van der Waals surface area contributed by atoms with E-state index < -0.39 is 0 Å². The summed E-state index contributed by atoms with van der Waals surface area (Å²) in [7, 11) is -0.355. The predicted octanol–water partition coefficient (Wildman–Crippen LogP) is 2.55. The molecule has 2 aliphatic rings. The Morgan fingerprint density at radius 2 is 1.92 bits per heavy atom. The molecule has 2 atom stereocenters. The first-order valence-electron chi connectivity index (χ1n) is 8.78. The van der Waals surface area contributed by atoms with E-state index in [4.69, 9.17) is 18.8 Å². The van der Waals surface area contributed by atoms with E-state index in [2.05, 4.69) is 46.0 Å². The second kappa shape index (κ2) is 6.67. The van der Waals surface area contributed by atoms with E-state index in [0.29, 0.717) is 6.61 Å². The summed E-state index contributed by atoms with van der Waals surface area (Å²) in [5.74, 6) is 0. The number of rotatable bonds is 6. The number of benzene rings is 1. The summed E-state index contributed by atoms with van der Waals surface area (Å²) in [5, 5.41) is 3.38. The Labute approximate surface area is 145 Å². The van der Waals surface area contributed by atoms with Crippen LogP contribution in [0.2, 0.25) is 0 Å². The van der Waals surface area contributed by atoms with Gasteiger partial charge in [-0.15, -0.1) is 0 Å². The van der Waals surface area contributed by atoms with Gasteiger partial charge in [0.1, 0.15) is 6.10 Å². The van der Waals surface area contributed by atoms with Crippen LogP contribution in [0, 0.1) is 0 Å². The molecule has 1 aromatic carbocycles. The third kappa shape index (κ3) is 3.47. The van der Waals surface area contributed by atoms with E-state index in [1.165, 1.54) is 0 Å². The Morgan fingerprint density at radius 1 is 1.21 bits per heavy atom. The molecular weight excluding hydrogens is 305 g/mol. The maximum atomic E-state index is 6.12. The van der Waals surface area contributed by atoms with Gasteiger partial charge in [-0.25, -0.2) is 0 Å². The number of hydrogen-bond acceptors (Lipinski definition) is 5. The lowest BCUT2D eigenvalue weighted by molar-refractivity contribution is -0.174. The van der Waals surface area contributed by atoms with E-state index in [-0.39, 0.29) is 30.7 Å². The molecule has 1 aromatic rings. The third-order valence-electron chi connectivity index (χ3n) is 5.03. The van der Waals surface area contributed by atoms with Crippen molar-refractivity contribution in [2.45, 2.75) is 64.6 Å². The van der Waals surface area contributed by atoms with Crippen molar-refractivity contribution < 1.29 is 18.8 Å². The van der Waals surface area contributed by atoms with Gasteiger partial charge in [0.25, 0.3) is 0 Å². The van der Waals surface area contributed by atoms with E-state index in [1.54, 1.807) is 0 Å². The van der Waals surface area contributed by atoms with Crippen LogP contribution in [0.15, 0.2) is 24.3 Å². The molecule has 6 heteroatoms. The fourth-order valence-corrected chi connectivity index (χ4v) is 2.73. The highest BCUT2D eigenvalue weighted by atomic mass is 16.7. The van der Waals surface area contributed by atoms with Crippen molar-refractivity contribution in [1.82, 2.24) is 0 Å². The average molecular weight is 333 g/mol. The van der Waals surface area contributed by atoms with Gasteiger partial charge in [-0.05, 0) is 51.7 Å². The minimum Gasteiger partial charge on any atom is -0.399 e. The van der Waals surface area contributed by atoms with Crippen LogP contribution in [0.1, 0.15) is 41.0 Å². The fourth-order valence-electron chi connectivity index (χ4n) is 2.73. The van der Waals surface area contributed by atoms with E-state index >= 15 is 0 Å². The van der Waals surface area contributed by atoms with Crippen LogP contribution >= 0.6 is 0 Å². The third-order valence-corrected chi connectivity index (χ3v) is 5.03. The maximum absolute atomic E-state index is 6.12. The first kappa shape index (κ1) is 17.7. The Morgan fingerprint density at radius 3 is 2.50 bits per heavy atom. The van der Waals surface area contributed by atoms with Crippen molar-refractivity contribution in [2.75, 3.05) is 18.5 Å². The molecule has 0 radical (unpaired) electrons. The van der Waals surface area contributed by atoms with Crippen LogP contribution in [-0.2, 0) is 18.8 Å². The molecule has 3 rings (SSSR count). The molecule has 0 aromatic heterocycles. The molecule has 132 valence electrons. The van der Waals surface area contributed by atoms with Gasteiger partial charge >= 0.3 is 7.12 Å². The highest BCUT2D eigenvalue weighted by Crippen LogP contribution is 2.36. The van der Waals surface area contributed by atoms with Crippen molar-refractivity contribution in [1.29, 1.82) is 0 Å². The zero-order chi connectivity index (χ0) is 17.4. The minimum absolute atomic E-state index is 0.0925. The predicted molar refractivity (Wildman–Crippen MR) is 95.6 cm³/mol. The Hall–Kier alpha value is -1.08. The monoisotopic (exact) mass is 333 g/mol. The smallest absolute Gasteiger partial charge is 0.399 e. The zero-order valence-electron chi connectivity index (χ0n) is 15.3. The molecule has 1 N–H and O–H groups in total. The second-order valence-electron chi connectivity index (χ2n) is 7.52. The van der Waals surface area contributed by atoms with Crippen LogP contribution in [-0.4, -0.2) is 43.9 Å². The van der Waals surface area contributed by atoms with Gasteiger partial charge in [0.2, 0.25) is 0 Å². The lowest BCUT2D eigenvalue weighted by Crippen LogP contribution is -2.51. The second-order valence-corrected chi connectivity index (χ2v) is 7.52. The van der Waals surface area contributed by atoms with Crippen LogP contribution in [0.4, 0.5) is 5.69 Å². The Kier molecular flexibility index (Phi) is 4.93. The topological polar surface area (TPSA) is 49.0 Å². The van der Waals surface area contributed by atoms with Crippen molar-refractivity contribution in [3.05, 3.63) is 24.3 Å². The molecule has 0 spiro atoms. The number of hydrogen-bond donors (Lipinski definition) is 1. The molecule has 2 unspecified atom stereocenters. The molecule has 0 saturated carbocycles. The molecule has 24 heavy (non-hydrogen) atoms. The van der Waals surface area contributed by atoms with Crippen LogP contribution in [0.3, 0.4) is 0 Å². The zero-order valence-corrected chi connectivity index (χ0v) is 15.3. The Balaban J connectivity index is 1.65. The van der Waals surface area contributed by atoms with E-state index in [0.717, 1.165) is 24.2 Å². The Bertz CT molecular complexity index is 562. The van der Waals surface area contributed by atoms with Gasteiger partial charge in [-0.2, -0.15) is 0 Å². The fraction of sp³-hybridized carbons (Fsp3) is 0.667. The molecule has 2 heterocycles. The summed E-state index contributed by atoms with van der Waals surface area (Å²) in [6, 6.07) is 8.11. The molecule has 0 amide bonds. The SMILES string of the molecule is CCCOC1COC1Nc1cccc(B2OC(C)(C)C(C)(C)O2)c1. The minimum atomic E-state index is -0.355. The largest absolute Gasteiger partial charge is 0.494 e. The standard InChI is InChI=1S/C18H28BNO4/c1-6-10-21-15-12-22-16(15)20-14-9-7-8-13(11-14)19-23-17(2,3)18(4,5)24-19/h7-9,11,15-16,20H,6,10,12H2,1-5H3. The van der Waals surface area contributed by atoms with Gasteiger partial charge < -0.3 is 24.1 Å². The molecule has 0 bridgehead atoms. The van der Waals surface area contributed by atoms with Crippen LogP contribution in [0.5, 0.6) is 0 Å². The summed E-state index contributed by atoms with van der Waals surface area (Å²) >= 11 is 0. The first-order valence-corrected chi connectivity index (χ1v) is 8.78. The van der Waals surface area contributed by atoms with Gasteiger partial charge in [0, 0.05) is 12.3 Å². The molecule has 2 aliphatic heterocycles. The summed E-state index contributed by atoms with van der Waals surface area (Å²) in [6.07, 6.45) is 1.04. The average Bonchev–Trinajstić information content (AvgIpc) is 2.73. The quantitative estimate of drug-likeness (QED) is 0.811. The number of anilines is 1. The number of ether oxygens (including phenoxy) is 2. The van der Waals surface area contributed by atoms with Crippen molar-refractivity contribution >= 4 is 18.3 Å². The number of nitrogens with one attached hydrogen (secondary N) is 1. The van der Waals surface area contributed by atoms with Crippen LogP contribution in [0.25, 0.3) is 0 Å². The molecule has 2 saturated heterocycles. The molecule has 2 fully saturated rings. The molecule has 0 aliphatic carbocycles. The van der Waals surface area contributed by atoms with Gasteiger partial charge in [-0.3, -0.25) is 0 Å². The van der Waals surface area contributed by atoms with Gasteiger partial charge in [0.15, 0.2) is 6.23 Å². The first-order chi connectivity index (χ1) is 11.3. The molecular formula is C18H28BNO4. The van der Waals surface area contributed by atoms with Gasteiger partial charge in [0.05, 0.1) is 17.8 Å². The van der Waals surface area contributed by atoms with E-state index in [9.17, 15) is 0 Å². The van der Waals surface area contributed by atoms with E-state index in [1.807, 2.05) is 18.2 Å². The van der Waals surface area contributed by atoms with Crippen molar-refractivity contribution in [3.8, 4) is 0 Å². The van der Waals surface area contributed by atoms with Crippen LogP contribution < -0.4 is 10.8 Å². The summed E-state index contributed by atoms with van der Waals surface area (Å²) in [6.45, 7) is 11.8. The van der Waals surface area contributed by atoms with Gasteiger partial charge in [-0.1, -0.05) is 19.1 Å². The lowest BCUT2D eigenvalue weighted by Gasteiger charge is -2.37. The van der Waals surface area contributed by atoms with Crippen molar-refractivity contribution in [2.24, 2.45) is 0 Å². The molecule has 5 nitrogen and oxygen atoms in total. The summed E-state index contributed by atoms with van der Waals surface area (Å²) in [5.41, 5.74) is 1.31. The highest BCUT2D eigenvalue weighted by Gasteiger charge is 2.51. The van der Waals surface area contributed by atoms with Crippen molar-refractivity contribution in [3.63, 3.8) is 0 Å². The summed E-state index contributed by atoms with van der Waals surface area (Å²) in [4.78, 5) is 0. The lowest BCUT2D eigenvalue weighted by atomic mass is 9.79.